The predicted octanol–water partition coefficient (Wildman–Crippen LogP) is 3.37. The van der Waals surface area contributed by atoms with Crippen LogP contribution in [-0.4, -0.2) is 32.8 Å². The Kier molecular flexibility index (Phi) is 22.3. The molecule has 6 nitrogen and oxygen atoms in total. The lowest BCUT2D eigenvalue weighted by Crippen LogP contribution is -2.04. The van der Waals surface area contributed by atoms with E-state index in [9.17, 15) is 8.42 Å². The van der Waals surface area contributed by atoms with Gasteiger partial charge in [-0.15, -0.1) is 0 Å². The van der Waals surface area contributed by atoms with Crippen molar-refractivity contribution in [2.45, 2.75) is 59.3 Å². The summed E-state index contributed by atoms with van der Waals surface area (Å²) < 4.78 is 37.4. The van der Waals surface area contributed by atoms with Gasteiger partial charge in [0.25, 0.3) is 0 Å². The second-order valence-corrected chi connectivity index (χ2v) is 4.89. The lowest BCUT2D eigenvalue weighted by molar-refractivity contribution is 0.162. The van der Waals surface area contributed by atoms with Crippen LogP contribution in [0.25, 0.3) is 0 Å². The van der Waals surface area contributed by atoms with Gasteiger partial charge in [0.2, 0.25) is 0 Å². The maximum Gasteiger partial charge on any atom is 0.397 e. The highest BCUT2D eigenvalue weighted by atomic mass is 32.3. The summed E-state index contributed by atoms with van der Waals surface area (Å²) >= 11 is 0. The largest absolute Gasteiger partial charge is 0.397 e. The molecule has 0 spiro atoms. The van der Waals surface area contributed by atoms with Gasteiger partial charge < -0.3 is 10.9 Å². The summed E-state index contributed by atoms with van der Waals surface area (Å²) in [6.45, 7) is 7.90. The van der Waals surface area contributed by atoms with Crippen LogP contribution in [0, 0.1) is 0 Å². The molecule has 0 saturated carbocycles. The Morgan fingerprint density at radius 2 is 1.37 bits per heavy atom. The quantitative estimate of drug-likeness (QED) is 0.473. The Balaban J connectivity index is -0.000000366. The summed E-state index contributed by atoms with van der Waals surface area (Å²) in [5.41, 5.74) is 0. The first-order valence-electron chi connectivity index (χ1n) is 6.67. The van der Waals surface area contributed by atoms with Gasteiger partial charge in [0.15, 0.2) is 0 Å². The fourth-order valence-corrected chi connectivity index (χ4v) is 1.58. The van der Waals surface area contributed by atoms with Gasteiger partial charge in [0, 0.05) is 13.2 Å². The van der Waals surface area contributed by atoms with Gasteiger partial charge in [-0.05, 0) is 20.3 Å². The van der Waals surface area contributed by atoms with Crippen molar-refractivity contribution in [3.05, 3.63) is 0 Å². The van der Waals surface area contributed by atoms with Crippen LogP contribution in [0.1, 0.15) is 59.3 Å². The summed E-state index contributed by atoms with van der Waals surface area (Å²) in [5, 5.41) is 0. The minimum atomic E-state index is -4.22. The molecule has 0 unspecified atom stereocenters. The van der Waals surface area contributed by atoms with Crippen molar-refractivity contribution in [2.24, 2.45) is 0 Å². The van der Waals surface area contributed by atoms with Gasteiger partial charge in [-0.3, -0.25) is 4.55 Å². The van der Waals surface area contributed by atoms with E-state index in [1.807, 2.05) is 13.8 Å². The van der Waals surface area contributed by atoms with E-state index >= 15 is 0 Å². The Morgan fingerprint density at radius 3 is 1.74 bits per heavy atom. The van der Waals surface area contributed by atoms with Crippen LogP contribution in [0.15, 0.2) is 0 Å². The zero-order valence-corrected chi connectivity index (χ0v) is 13.4. The van der Waals surface area contributed by atoms with Crippen LogP contribution in [0.2, 0.25) is 0 Å². The van der Waals surface area contributed by atoms with Crippen molar-refractivity contribution < 1.29 is 21.9 Å². The van der Waals surface area contributed by atoms with Gasteiger partial charge in [-0.1, -0.05) is 39.0 Å². The maximum absolute atomic E-state index is 10.1. The van der Waals surface area contributed by atoms with Gasteiger partial charge in [0.05, 0.1) is 6.61 Å². The normalized spacial score (nSPS) is 10.3. The summed E-state index contributed by atoms with van der Waals surface area (Å²) in [6.07, 6.45) is 6.34. The summed E-state index contributed by atoms with van der Waals surface area (Å²) in [6, 6.07) is 0. The molecule has 0 aliphatic carbocycles. The highest BCUT2D eigenvalue weighted by Gasteiger charge is 2.02. The van der Waals surface area contributed by atoms with E-state index in [-0.39, 0.29) is 12.8 Å². The van der Waals surface area contributed by atoms with Gasteiger partial charge in [-0.25, -0.2) is 4.18 Å². The second-order valence-electron chi connectivity index (χ2n) is 3.80. The van der Waals surface area contributed by atoms with E-state index in [0.717, 1.165) is 26.1 Å². The van der Waals surface area contributed by atoms with Crippen LogP contribution in [0.4, 0.5) is 0 Å². The van der Waals surface area contributed by atoms with E-state index in [1.165, 1.54) is 19.3 Å². The molecule has 0 aromatic rings. The van der Waals surface area contributed by atoms with Crippen LogP contribution >= 0.6 is 0 Å². The highest BCUT2D eigenvalue weighted by Crippen LogP contribution is 2.05. The number of hydrogen-bond acceptors (Lipinski definition) is 5. The number of hydrogen-bond donors (Lipinski definition) is 2. The Labute approximate surface area is 118 Å². The van der Waals surface area contributed by atoms with Gasteiger partial charge >= 0.3 is 10.4 Å². The molecule has 4 N–H and O–H groups in total. The zero-order valence-electron chi connectivity index (χ0n) is 12.6. The average Bonchev–Trinajstić information content (AvgIpc) is 2.28. The standard InChI is InChI=1S/C8H18O4S.C4H10O.H3N/c1-2-3-4-5-6-7-8-12-13(9,10)11;1-3-5-4-2;/h2-8H2,1H3,(H,9,10,11);3-4H2,1-2H3;1H3. The Bertz CT molecular complexity index is 243. The van der Waals surface area contributed by atoms with E-state index in [4.69, 9.17) is 9.29 Å². The molecule has 0 heterocycles. The van der Waals surface area contributed by atoms with Crippen molar-refractivity contribution in [3.8, 4) is 0 Å². The Morgan fingerprint density at radius 1 is 0.895 bits per heavy atom. The van der Waals surface area contributed by atoms with Crippen LogP contribution in [-0.2, 0) is 19.3 Å². The lowest BCUT2D eigenvalue weighted by atomic mass is 10.1. The van der Waals surface area contributed by atoms with Crippen molar-refractivity contribution in [1.29, 1.82) is 0 Å². The third-order valence-electron chi connectivity index (χ3n) is 2.14. The molecule has 0 aromatic carbocycles. The van der Waals surface area contributed by atoms with Gasteiger partial charge in [0.1, 0.15) is 0 Å². The third-order valence-corrected chi connectivity index (χ3v) is 2.60. The summed E-state index contributed by atoms with van der Waals surface area (Å²) in [7, 11) is -4.22. The summed E-state index contributed by atoms with van der Waals surface area (Å²) in [5.74, 6) is 0. The first-order chi connectivity index (χ1) is 8.47. The van der Waals surface area contributed by atoms with Crippen molar-refractivity contribution in [2.75, 3.05) is 19.8 Å². The highest BCUT2D eigenvalue weighted by molar-refractivity contribution is 7.80. The van der Waals surface area contributed by atoms with E-state index in [1.54, 1.807) is 0 Å². The zero-order chi connectivity index (χ0) is 14.3. The van der Waals surface area contributed by atoms with Crippen LogP contribution in [0.5, 0.6) is 0 Å². The summed E-state index contributed by atoms with van der Waals surface area (Å²) in [4.78, 5) is 0. The minimum absolute atomic E-state index is 0. The fourth-order valence-electron chi connectivity index (χ4n) is 1.25. The molecule has 0 aliphatic heterocycles. The molecule has 0 radical (unpaired) electrons. The third kappa shape index (κ3) is 31.9. The number of ether oxygens (including phenoxy) is 1. The smallest absolute Gasteiger partial charge is 0.382 e. The first-order valence-corrected chi connectivity index (χ1v) is 8.04. The predicted molar refractivity (Wildman–Crippen MR) is 78.1 cm³/mol. The molecule has 0 bridgehead atoms. The Hall–Kier alpha value is -0.210. The molecule has 0 fully saturated rings. The SMILES string of the molecule is CCCCCCCCOS(=O)(=O)O.CCOCC.N. The van der Waals surface area contributed by atoms with E-state index in [2.05, 4.69) is 11.1 Å². The molecule has 0 aliphatic rings. The number of rotatable bonds is 10. The molecule has 0 atom stereocenters. The van der Waals surface area contributed by atoms with E-state index in [0.29, 0.717) is 6.42 Å². The minimum Gasteiger partial charge on any atom is -0.382 e. The lowest BCUT2D eigenvalue weighted by Gasteiger charge is -2.00. The topological polar surface area (TPSA) is 108 Å². The monoisotopic (exact) mass is 301 g/mol. The maximum atomic E-state index is 10.1. The van der Waals surface area contributed by atoms with Crippen molar-refractivity contribution in [3.63, 3.8) is 0 Å². The molecular weight excluding hydrogens is 270 g/mol. The van der Waals surface area contributed by atoms with Gasteiger partial charge in [-0.2, -0.15) is 8.42 Å². The second kappa shape index (κ2) is 17.8. The first kappa shape index (κ1) is 23.9. The fraction of sp³-hybridized carbons (Fsp3) is 1.00. The molecule has 0 rings (SSSR count). The molecule has 0 aromatic heterocycles. The molecule has 120 valence electrons. The molecular formula is C12H31NO5S. The van der Waals surface area contributed by atoms with Crippen LogP contribution < -0.4 is 6.15 Å². The van der Waals surface area contributed by atoms with Crippen molar-refractivity contribution >= 4 is 10.4 Å². The average molecular weight is 301 g/mol. The van der Waals surface area contributed by atoms with Crippen molar-refractivity contribution in [1.82, 2.24) is 6.15 Å². The van der Waals surface area contributed by atoms with E-state index < -0.39 is 10.4 Å². The van der Waals surface area contributed by atoms with Crippen LogP contribution in [0.3, 0.4) is 0 Å². The molecule has 0 saturated heterocycles. The molecule has 19 heavy (non-hydrogen) atoms. The molecule has 0 amide bonds. The number of unbranched alkanes of at least 4 members (excludes halogenated alkanes) is 5. The molecule has 7 heteroatoms.